The lowest BCUT2D eigenvalue weighted by Crippen LogP contribution is -2.21. The van der Waals surface area contributed by atoms with Gasteiger partial charge in [0.05, 0.1) is 17.9 Å². The van der Waals surface area contributed by atoms with E-state index >= 15 is 0 Å². The first-order valence-electron chi connectivity index (χ1n) is 5.53. The molecule has 0 aliphatic carbocycles. The van der Waals surface area contributed by atoms with E-state index in [1.54, 1.807) is 0 Å². The number of H-pyrrole nitrogens is 1. The molecule has 1 aromatic heterocycles. The van der Waals surface area contributed by atoms with Gasteiger partial charge in [-0.1, -0.05) is 12.1 Å². The first kappa shape index (κ1) is 9.46. The molecule has 0 saturated heterocycles. The Morgan fingerprint density at radius 2 is 2.12 bits per heavy atom. The summed E-state index contributed by atoms with van der Waals surface area (Å²) in [7, 11) is 2.12. The number of aryl methyl sites for hydroxylation is 2. The summed E-state index contributed by atoms with van der Waals surface area (Å²) in [6.45, 7) is 5.04. The summed E-state index contributed by atoms with van der Waals surface area (Å²) in [6, 6.07) is 6.54. The Kier molecular flexibility index (Phi) is 1.84. The molecular weight excluding hydrogens is 198 g/mol. The fourth-order valence-electron chi connectivity index (χ4n) is 2.36. The standard InChI is InChI=1S/C13H15N3/c1-8-4-5-10-12(6-8)16(3)7-11-13(10)15-9(2)14-11/h4-6H,7H2,1-3H3,(H,14,15). The molecule has 0 saturated carbocycles. The van der Waals surface area contributed by atoms with Gasteiger partial charge < -0.3 is 9.88 Å². The number of nitrogens with zero attached hydrogens (tertiary/aromatic N) is 2. The van der Waals surface area contributed by atoms with Gasteiger partial charge in [0.25, 0.3) is 0 Å². The molecule has 3 nitrogen and oxygen atoms in total. The lowest BCUT2D eigenvalue weighted by atomic mass is 10.0. The summed E-state index contributed by atoms with van der Waals surface area (Å²) >= 11 is 0. The van der Waals surface area contributed by atoms with Gasteiger partial charge in [0, 0.05) is 18.3 Å². The van der Waals surface area contributed by atoms with Gasteiger partial charge in [-0.15, -0.1) is 0 Å². The Balaban J connectivity index is 2.27. The summed E-state index contributed by atoms with van der Waals surface area (Å²) < 4.78 is 0. The van der Waals surface area contributed by atoms with Crippen molar-refractivity contribution >= 4 is 5.69 Å². The Hall–Kier alpha value is -1.77. The van der Waals surface area contributed by atoms with Crippen molar-refractivity contribution in [1.29, 1.82) is 0 Å². The number of aromatic nitrogens is 2. The van der Waals surface area contributed by atoms with Crippen molar-refractivity contribution in [3.8, 4) is 11.3 Å². The third-order valence-electron chi connectivity index (χ3n) is 3.11. The van der Waals surface area contributed by atoms with E-state index in [1.165, 1.54) is 22.5 Å². The third-order valence-corrected chi connectivity index (χ3v) is 3.11. The Morgan fingerprint density at radius 3 is 2.94 bits per heavy atom. The van der Waals surface area contributed by atoms with Crippen LogP contribution in [0.4, 0.5) is 5.69 Å². The van der Waals surface area contributed by atoms with E-state index < -0.39 is 0 Å². The number of nitrogens with one attached hydrogen (secondary N) is 1. The van der Waals surface area contributed by atoms with Crippen LogP contribution in [0.3, 0.4) is 0 Å². The predicted octanol–water partition coefficient (Wildman–Crippen LogP) is 2.64. The van der Waals surface area contributed by atoms with Gasteiger partial charge >= 0.3 is 0 Å². The molecule has 3 heteroatoms. The van der Waals surface area contributed by atoms with Crippen LogP contribution in [0.25, 0.3) is 11.3 Å². The molecule has 1 aromatic carbocycles. The predicted molar refractivity (Wildman–Crippen MR) is 65.6 cm³/mol. The van der Waals surface area contributed by atoms with E-state index in [0.717, 1.165) is 18.1 Å². The minimum atomic E-state index is 0.909. The van der Waals surface area contributed by atoms with Crippen molar-refractivity contribution in [1.82, 2.24) is 9.97 Å². The Labute approximate surface area is 95.1 Å². The Morgan fingerprint density at radius 1 is 1.31 bits per heavy atom. The van der Waals surface area contributed by atoms with Crippen LogP contribution in [-0.4, -0.2) is 17.0 Å². The summed E-state index contributed by atoms with van der Waals surface area (Å²) in [5.74, 6) is 0.992. The summed E-state index contributed by atoms with van der Waals surface area (Å²) in [6.07, 6.45) is 0. The summed E-state index contributed by atoms with van der Waals surface area (Å²) in [4.78, 5) is 10.2. The number of hydrogen-bond acceptors (Lipinski definition) is 2. The number of aromatic amines is 1. The van der Waals surface area contributed by atoms with Crippen LogP contribution in [-0.2, 0) is 6.54 Å². The first-order chi connectivity index (χ1) is 7.65. The van der Waals surface area contributed by atoms with Crippen LogP contribution in [0.2, 0.25) is 0 Å². The molecule has 0 atom stereocenters. The minimum absolute atomic E-state index is 0.909. The molecule has 16 heavy (non-hydrogen) atoms. The van der Waals surface area contributed by atoms with Gasteiger partial charge in [-0.3, -0.25) is 0 Å². The number of anilines is 1. The smallest absolute Gasteiger partial charge is 0.103 e. The molecule has 0 unspecified atom stereocenters. The van der Waals surface area contributed by atoms with Gasteiger partial charge in [0.2, 0.25) is 0 Å². The van der Waals surface area contributed by atoms with Crippen molar-refractivity contribution in [2.24, 2.45) is 0 Å². The normalized spacial score (nSPS) is 13.6. The highest BCUT2D eigenvalue weighted by molar-refractivity contribution is 5.81. The molecule has 82 valence electrons. The second-order valence-electron chi connectivity index (χ2n) is 4.53. The van der Waals surface area contributed by atoms with Crippen LogP contribution in [0.15, 0.2) is 18.2 Å². The van der Waals surface area contributed by atoms with Crippen molar-refractivity contribution in [3.05, 3.63) is 35.3 Å². The van der Waals surface area contributed by atoms with Crippen molar-refractivity contribution in [2.75, 3.05) is 11.9 Å². The largest absolute Gasteiger partial charge is 0.368 e. The first-order valence-corrected chi connectivity index (χ1v) is 5.53. The molecule has 0 radical (unpaired) electrons. The summed E-state index contributed by atoms with van der Waals surface area (Å²) in [5, 5.41) is 0. The molecule has 1 aliphatic rings. The average Bonchev–Trinajstić information content (AvgIpc) is 2.59. The van der Waals surface area contributed by atoms with Gasteiger partial charge in [-0.2, -0.15) is 0 Å². The highest BCUT2D eigenvalue weighted by Crippen LogP contribution is 2.37. The van der Waals surface area contributed by atoms with Crippen LogP contribution >= 0.6 is 0 Å². The Bertz CT molecular complexity index is 554. The number of hydrogen-bond donors (Lipinski definition) is 1. The zero-order chi connectivity index (χ0) is 11.3. The van der Waals surface area contributed by atoms with Crippen LogP contribution in [0, 0.1) is 13.8 Å². The lowest BCUT2D eigenvalue weighted by molar-refractivity contribution is 0.878. The number of imidazole rings is 1. The van der Waals surface area contributed by atoms with Crippen LogP contribution < -0.4 is 4.90 Å². The maximum absolute atomic E-state index is 4.57. The van der Waals surface area contributed by atoms with Gasteiger partial charge in [0.1, 0.15) is 5.82 Å². The molecule has 3 rings (SSSR count). The van der Waals surface area contributed by atoms with E-state index in [4.69, 9.17) is 0 Å². The van der Waals surface area contributed by atoms with Crippen LogP contribution in [0.1, 0.15) is 17.1 Å². The lowest BCUT2D eigenvalue weighted by Gasteiger charge is -2.27. The molecule has 2 aromatic rings. The maximum atomic E-state index is 4.57. The average molecular weight is 213 g/mol. The van der Waals surface area contributed by atoms with Gasteiger partial charge in [-0.05, 0) is 25.5 Å². The second kappa shape index (κ2) is 3.11. The topological polar surface area (TPSA) is 31.9 Å². The zero-order valence-electron chi connectivity index (χ0n) is 9.83. The highest BCUT2D eigenvalue weighted by Gasteiger charge is 2.22. The van der Waals surface area contributed by atoms with Crippen LogP contribution in [0.5, 0.6) is 0 Å². The monoisotopic (exact) mass is 213 g/mol. The number of benzene rings is 1. The molecule has 0 bridgehead atoms. The molecule has 1 N–H and O–H groups in total. The SMILES string of the molecule is Cc1ccc2c(c1)N(C)Cc1[nH]c(C)nc1-2. The second-order valence-corrected chi connectivity index (χ2v) is 4.53. The van der Waals surface area contributed by atoms with E-state index in [-0.39, 0.29) is 0 Å². The third kappa shape index (κ3) is 1.24. The van der Waals surface area contributed by atoms with E-state index in [9.17, 15) is 0 Å². The van der Waals surface area contributed by atoms with E-state index in [2.05, 4.69) is 47.0 Å². The quantitative estimate of drug-likeness (QED) is 0.729. The van der Waals surface area contributed by atoms with Crippen molar-refractivity contribution in [3.63, 3.8) is 0 Å². The number of rotatable bonds is 0. The van der Waals surface area contributed by atoms with E-state index in [1.807, 2.05) is 6.92 Å². The molecule has 1 aliphatic heterocycles. The maximum Gasteiger partial charge on any atom is 0.103 e. The molecule has 0 fully saturated rings. The molecular formula is C13H15N3. The fourth-order valence-corrected chi connectivity index (χ4v) is 2.36. The summed E-state index contributed by atoms with van der Waals surface area (Å²) in [5.41, 5.74) is 6.14. The highest BCUT2D eigenvalue weighted by atomic mass is 15.1. The van der Waals surface area contributed by atoms with Gasteiger partial charge in [-0.25, -0.2) is 4.98 Å². The van der Waals surface area contributed by atoms with Crippen molar-refractivity contribution in [2.45, 2.75) is 20.4 Å². The number of fused-ring (bicyclic) bond motifs is 3. The molecule has 2 heterocycles. The van der Waals surface area contributed by atoms with Crippen molar-refractivity contribution < 1.29 is 0 Å². The minimum Gasteiger partial charge on any atom is -0.368 e. The zero-order valence-corrected chi connectivity index (χ0v) is 9.83. The molecule has 0 spiro atoms. The van der Waals surface area contributed by atoms with E-state index in [0.29, 0.717) is 0 Å². The fraction of sp³-hybridized carbons (Fsp3) is 0.308. The molecule has 0 amide bonds. The van der Waals surface area contributed by atoms with Gasteiger partial charge in [0.15, 0.2) is 0 Å².